The molecule has 0 rings (SSSR count). The van der Waals surface area contributed by atoms with Crippen molar-refractivity contribution in [2.75, 3.05) is 12.0 Å². The van der Waals surface area contributed by atoms with E-state index in [4.69, 9.17) is 10.8 Å². The summed E-state index contributed by atoms with van der Waals surface area (Å²) in [4.78, 5) is 48.0. The Morgan fingerprint density at radius 3 is 1.96 bits per heavy atom. The Balaban J connectivity index is 5.23. The molecule has 0 aromatic carbocycles. The molecule has 0 aliphatic rings. The van der Waals surface area contributed by atoms with E-state index in [1.807, 2.05) is 6.26 Å². The largest absolute Gasteiger partial charge is 0.480 e. The quantitative estimate of drug-likeness (QED) is 0.225. The van der Waals surface area contributed by atoms with E-state index >= 15 is 0 Å². The number of thioether (sulfide) groups is 1. The molecule has 28 heavy (non-hydrogen) atoms. The summed E-state index contributed by atoms with van der Waals surface area (Å²) in [5.41, 5.74) is 5.81. The minimum absolute atomic E-state index is 0.127. The van der Waals surface area contributed by atoms with Gasteiger partial charge in [-0.3, -0.25) is 19.2 Å². The van der Waals surface area contributed by atoms with E-state index in [0.717, 1.165) is 0 Å². The maximum atomic E-state index is 12.6. The Labute approximate surface area is 169 Å². The molecule has 0 bridgehead atoms. The van der Waals surface area contributed by atoms with Crippen molar-refractivity contribution in [3.8, 4) is 0 Å². The van der Waals surface area contributed by atoms with Crippen molar-refractivity contribution >= 4 is 35.5 Å². The number of nitrogens with two attached hydrogens (primary N) is 1. The number of carboxylic acid groups (broad SMARTS) is 1. The normalized spacial score (nSPS) is 16.4. The maximum Gasteiger partial charge on any atom is 0.325 e. The molecule has 3 amide bonds. The molecule has 7 N–H and O–H groups in total. The molecule has 10 nitrogen and oxygen atoms in total. The van der Waals surface area contributed by atoms with Crippen LogP contribution in [0.2, 0.25) is 0 Å². The van der Waals surface area contributed by atoms with Crippen LogP contribution in [0.1, 0.15) is 34.1 Å². The van der Waals surface area contributed by atoms with Crippen LogP contribution in [0.25, 0.3) is 0 Å². The zero-order chi connectivity index (χ0) is 22.0. The summed E-state index contributed by atoms with van der Waals surface area (Å²) in [6, 6.07) is -4.31. The Bertz CT molecular complexity index is 558. The minimum Gasteiger partial charge on any atom is -0.480 e. The van der Waals surface area contributed by atoms with Crippen LogP contribution in [0.15, 0.2) is 0 Å². The number of carboxylic acids is 1. The summed E-state index contributed by atoms with van der Waals surface area (Å²) in [6.45, 7) is 6.10. The summed E-state index contributed by atoms with van der Waals surface area (Å²) in [5.74, 6) is -2.81. The van der Waals surface area contributed by atoms with Crippen molar-refractivity contribution in [2.45, 2.75) is 64.4 Å². The molecule has 0 aliphatic heterocycles. The standard InChI is InChI=1S/C17H32N4O6S/c1-8(2)12(18)15(24)20-11(6-7-28-5)14(23)21-13(10(4)22)16(25)19-9(3)17(26)27/h8-13,22H,6-7,18H2,1-5H3,(H,19,25)(H,20,24)(H,21,23)(H,26,27). The van der Waals surface area contributed by atoms with Gasteiger partial charge in [0.2, 0.25) is 17.7 Å². The number of aliphatic hydroxyl groups is 1. The zero-order valence-corrected chi connectivity index (χ0v) is 17.7. The third-order valence-corrected chi connectivity index (χ3v) is 4.70. The Morgan fingerprint density at radius 2 is 1.54 bits per heavy atom. The number of rotatable bonds is 12. The average molecular weight is 421 g/mol. The highest BCUT2D eigenvalue weighted by Gasteiger charge is 2.31. The highest BCUT2D eigenvalue weighted by atomic mass is 32.2. The third kappa shape index (κ3) is 8.89. The minimum atomic E-state index is -1.37. The predicted molar refractivity (Wildman–Crippen MR) is 107 cm³/mol. The predicted octanol–water partition coefficient (Wildman–Crippen LogP) is -1.34. The molecule has 0 aromatic heterocycles. The van der Waals surface area contributed by atoms with E-state index in [9.17, 15) is 24.3 Å². The van der Waals surface area contributed by atoms with Gasteiger partial charge >= 0.3 is 5.97 Å². The van der Waals surface area contributed by atoms with Crippen LogP contribution in [0.5, 0.6) is 0 Å². The second kappa shape index (κ2) is 12.6. The van der Waals surface area contributed by atoms with Crippen molar-refractivity contribution in [3.63, 3.8) is 0 Å². The van der Waals surface area contributed by atoms with Crippen molar-refractivity contribution < 1.29 is 29.4 Å². The molecule has 0 heterocycles. The second-order valence-corrected chi connectivity index (χ2v) is 7.89. The number of aliphatic carboxylic acids is 1. The Kier molecular flexibility index (Phi) is 11.7. The summed E-state index contributed by atoms with van der Waals surface area (Å²) < 4.78 is 0. The van der Waals surface area contributed by atoms with Gasteiger partial charge in [-0.05, 0) is 38.2 Å². The Morgan fingerprint density at radius 1 is 0.964 bits per heavy atom. The summed E-state index contributed by atoms with van der Waals surface area (Å²) >= 11 is 1.48. The van der Waals surface area contributed by atoms with Gasteiger partial charge in [-0.15, -0.1) is 0 Å². The van der Waals surface area contributed by atoms with Gasteiger partial charge in [0.15, 0.2) is 0 Å². The smallest absolute Gasteiger partial charge is 0.325 e. The van der Waals surface area contributed by atoms with Crippen LogP contribution < -0.4 is 21.7 Å². The summed E-state index contributed by atoms with van der Waals surface area (Å²) in [6.07, 6.45) is 0.860. The lowest BCUT2D eigenvalue weighted by Gasteiger charge is -2.26. The highest BCUT2D eigenvalue weighted by molar-refractivity contribution is 7.98. The molecule has 0 saturated carbocycles. The first-order chi connectivity index (χ1) is 12.9. The topological polar surface area (TPSA) is 171 Å². The number of amides is 3. The van der Waals surface area contributed by atoms with Crippen LogP contribution in [0, 0.1) is 5.92 Å². The van der Waals surface area contributed by atoms with E-state index in [1.54, 1.807) is 13.8 Å². The average Bonchev–Trinajstić information content (AvgIpc) is 2.61. The van der Waals surface area contributed by atoms with E-state index in [2.05, 4.69) is 16.0 Å². The molecule has 5 atom stereocenters. The number of hydrogen-bond acceptors (Lipinski definition) is 7. The molecule has 0 fully saturated rings. The van der Waals surface area contributed by atoms with Gasteiger partial charge in [-0.1, -0.05) is 13.8 Å². The van der Waals surface area contributed by atoms with Gasteiger partial charge < -0.3 is 31.9 Å². The molecule has 0 saturated heterocycles. The third-order valence-electron chi connectivity index (χ3n) is 4.06. The van der Waals surface area contributed by atoms with Crippen LogP contribution in [0.3, 0.4) is 0 Å². The number of carbonyl (C=O) groups is 4. The lowest BCUT2D eigenvalue weighted by molar-refractivity contribution is -0.142. The highest BCUT2D eigenvalue weighted by Crippen LogP contribution is 2.05. The molecule has 0 aromatic rings. The summed E-state index contributed by atoms with van der Waals surface area (Å²) in [5, 5.41) is 25.9. The Hall–Kier alpha value is -1.85. The van der Waals surface area contributed by atoms with Gasteiger partial charge in [0.1, 0.15) is 18.1 Å². The first-order valence-electron chi connectivity index (χ1n) is 8.98. The van der Waals surface area contributed by atoms with Crippen LogP contribution in [0.4, 0.5) is 0 Å². The van der Waals surface area contributed by atoms with E-state index in [1.165, 1.54) is 25.6 Å². The second-order valence-electron chi connectivity index (χ2n) is 6.91. The zero-order valence-electron chi connectivity index (χ0n) is 16.9. The molecule has 11 heteroatoms. The van der Waals surface area contributed by atoms with Gasteiger partial charge in [0.05, 0.1) is 12.1 Å². The van der Waals surface area contributed by atoms with Gasteiger partial charge in [0.25, 0.3) is 0 Å². The lowest BCUT2D eigenvalue weighted by atomic mass is 10.0. The number of carbonyl (C=O) groups excluding carboxylic acids is 3. The molecular weight excluding hydrogens is 388 g/mol. The van der Waals surface area contributed by atoms with Gasteiger partial charge in [-0.25, -0.2) is 0 Å². The number of hydrogen-bond donors (Lipinski definition) is 6. The number of nitrogens with one attached hydrogen (secondary N) is 3. The van der Waals surface area contributed by atoms with Crippen LogP contribution in [-0.2, 0) is 19.2 Å². The molecule has 0 spiro atoms. The van der Waals surface area contributed by atoms with Crippen molar-refractivity contribution in [1.82, 2.24) is 16.0 Å². The molecule has 5 unspecified atom stereocenters. The van der Waals surface area contributed by atoms with Gasteiger partial charge in [-0.2, -0.15) is 11.8 Å². The molecule has 162 valence electrons. The summed E-state index contributed by atoms with van der Waals surface area (Å²) in [7, 11) is 0. The first-order valence-corrected chi connectivity index (χ1v) is 10.4. The fraction of sp³-hybridized carbons (Fsp3) is 0.765. The molecule has 0 aliphatic carbocycles. The van der Waals surface area contributed by atoms with Crippen LogP contribution in [-0.4, -0.2) is 76.2 Å². The lowest BCUT2D eigenvalue weighted by Crippen LogP contribution is -2.59. The van der Waals surface area contributed by atoms with E-state index in [-0.39, 0.29) is 5.92 Å². The SMILES string of the molecule is CSCCC(NC(=O)C(N)C(C)C)C(=O)NC(C(=O)NC(C)C(=O)O)C(C)O. The monoisotopic (exact) mass is 420 g/mol. The van der Waals surface area contributed by atoms with Crippen molar-refractivity contribution in [1.29, 1.82) is 0 Å². The molecular formula is C17H32N4O6S. The van der Waals surface area contributed by atoms with Gasteiger partial charge in [0, 0.05) is 0 Å². The fourth-order valence-electron chi connectivity index (χ4n) is 2.10. The number of aliphatic hydroxyl groups excluding tert-OH is 1. The first kappa shape index (κ1) is 26.1. The van der Waals surface area contributed by atoms with Crippen molar-refractivity contribution in [2.24, 2.45) is 11.7 Å². The van der Waals surface area contributed by atoms with Crippen molar-refractivity contribution in [3.05, 3.63) is 0 Å². The molecule has 0 radical (unpaired) electrons. The fourth-order valence-corrected chi connectivity index (χ4v) is 2.57. The maximum absolute atomic E-state index is 12.6. The van der Waals surface area contributed by atoms with E-state index in [0.29, 0.717) is 12.2 Å². The van der Waals surface area contributed by atoms with Crippen LogP contribution >= 0.6 is 11.8 Å². The van der Waals surface area contributed by atoms with E-state index < -0.39 is 54.0 Å².